The van der Waals surface area contributed by atoms with Crippen LogP contribution in [0.3, 0.4) is 0 Å². The van der Waals surface area contributed by atoms with Crippen molar-refractivity contribution >= 4 is 11.6 Å². The quantitative estimate of drug-likeness (QED) is 0.537. The zero-order chi connectivity index (χ0) is 8.43. The lowest BCUT2D eigenvalue weighted by molar-refractivity contribution is -0.136. The molecule has 1 fully saturated rings. The van der Waals surface area contributed by atoms with Crippen LogP contribution in [0, 0.1) is 11.8 Å². The molecule has 0 aromatic heterocycles. The summed E-state index contributed by atoms with van der Waals surface area (Å²) in [5.41, 5.74) is 0. The minimum Gasteiger partial charge on any atom is -0.299 e. The van der Waals surface area contributed by atoms with Crippen molar-refractivity contribution in [2.24, 2.45) is 11.8 Å². The Hall–Kier alpha value is -0.660. The number of hydrogen-bond donors (Lipinski definition) is 0. The molecule has 0 aliphatic heterocycles. The minimum absolute atomic E-state index is 0.133. The van der Waals surface area contributed by atoms with E-state index < -0.39 is 0 Å². The van der Waals surface area contributed by atoms with E-state index >= 15 is 0 Å². The van der Waals surface area contributed by atoms with E-state index in [0.29, 0.717) is 18.8 Å². The maximum atomic E-state index is 11.2. The zero-order valence-electron chi connectivity index (χ0n) is 7.09. The zero-order valence-corrected chi connectivity index (χ0v) is 7.09. The van der Waals surface area contributed by atoms with Crippen molar-refractivity contribution in [3.05, 3.63) is 0 Å². The van der Waals surface area contributed by atoms with E-state index in [4.69, 9.17) is 0 Å². The molecule has 11 heavy (non-hydrogen) atoms. The van der Waals surface area contributed by atoms with E-state index in [1.165, 1.54) is 0 Å². The van der Waals surface area contributed by atoms with Crippen LogP contribution in [0.25, 0.3) is 0 Å². The van der Waals surface area contributed by atoms with E-state index in [1.54, 1.807) is 6.92 Å². The normalized spacial score (nSPS) is 32.5. The summed E-state index contributed by atoms with van der Waals surface area (Å²) in [6.07, 6.45) is 2.18. The minimum atomic E-state index is -0.321. The monoisotopic (exact) mass is 154 g/mol. The Bertz CT molecular complexity index is 166. The average Bonchev–Trinajstić information content (AvgIpc) is 1.99. The van der Waals surface area contributed by atoms with Crippen LogP contribution in [-0.4, -0.2) is 11.6 Å². The van der Waals surface area contributed by atoms with Crippen LogP contribution in [-0.2, 0) is 9.59 Å². The maximum absolute atomic E-state index is 11.2. The molecule has 0 spiro atoms. The molecule has 1 aliphatic rings. The lowest BCUT2D eigenvalue weighted by Gasteiger charge is -2.22. The lowest BCUT2D eigenvalue weighted by atomic mass is 9.80. The number of carbonyl (C=O) groups excluding carboxylic acids is 2. The first-order valence-electron chi connectivity index (χ1n) is 4.20. The van der Waals surface area contributed by atoms with Crippen molar-refractivity contribution in [2.75, 3.05) is 0 Å². The predicted molar refractivity (Wildman–Crippen MR) is 42.2 cm³/mol. The second kappa shape index (κ2) is 3.16. The molecular formula is C9H14O2. The SMILES string of the molecule is CCC1CC(=O)C(C)C(=O)C1. The Kier molecular flexibility index (Phi) is 2.42. The Morgan fingerprint density at radius 3 is 2.09 bits per heavy atom. The molecule has 0 unspecified atom stereocenters. The summed E-state index contributed by atoms with van der Waals surface area (Å²) in [5.74, 6) is 0.269. The Labute approximate surface area is 67.0 Å². The van der Waals surface area contributed by atoms with Crippen LogP contribution in [0.15, 0.2) is 0 Å². The molecule has 0 amide bonds. The molecule has 0 aromatic rings. The van der Waals surface area contributed by atoms with Gasteiger partial charge in [0.05, 0.1) is 5.92 Å². The van der Waals surface area contributed by atoms with Gasteiger partial charge >= 0.3 is 0 Å². The molecule has 2 nitrogen and oxygen atoms in total. The van der Waals surface area contributed by atoms with Gasteiger partial charge in [0, 0.05) is 12.8 Å². The van der Waals surface area contributed by atoms with E-state index in [9.17, 15) is 9.59 Å². The first-order chi connectivity index (χ1) is 5.15. The molecule has 1 saturated carbocycles. The molecule has 2 heteroatoms. The highest BCUT2D eigenvalue weighted by Gasteiger charge is 2.30. The highest BCUT2D eigenvalue weighted by atomic mass is 16.2. The molecule has 0 N–H and O–H groups in total. The standard InChI is InChI=1S/C9H14O2/c1-3-7-4-8(10)6(2)9(11)5-7/h6-7H,3-5H2,1-2H3. The summed E-state index contributed by atoms with van der Waals surface area (Å²) in [6, 6.07) is 0. The molecule has 1 rings (SSSR count). The molecule has 0 bridgehead atoms. The Morgan fingerprint density at radius 1 is 1.27 bits per heavy atom. The van der Waals surface area contributed by atoms with Gasteiger partial charge < -0.3 is 0 Å². The first kappa shape index (κ1) is 8.44. The van der Waals surface area contributed by atoms with Crippen LogP contribution < -0.4 is 0 Å². The van der Waals surface area contributed by atoms with Gasteiger partial charge in [0.2, 0.25) is 0 Å². The second-order valence-electron chi connectivity index (χ2n) is 3.34. The van der Waals surface area contributed by atoms with E-state index in [1.807, 2.05) is 6.92 Å². The van der Waals surface area contributed by atoms with Crippen molar-refractivity contribution in [3.8, 4) is 0 Å². The summed E-state index contributed by atoms with van der Waals surface area (Å²) >= 11 is 0. The largest absolute Gasteiger partial charge is 0.299 e. The van der Waals surface area contributed by atoms with Crippen molar-refractivity contribution in [2.45, 2.75) is 33.1 Å². The van der Waals surface area contributed by atoms with Gasteiger partial charge in [-0.2, -0.15) is 0 Å². The molecule has 0 saturated heterocycles. The molecular weight excluding hydrogens is 140 g/mol. The number of carbonyl (C=O) groups is 2. The summed E-state index contributed by atoms with van der Waals surface area (Å²) in [7, 11) is 0. The number of ketones is 2. The fourth-order valence-corrected chi connectivity index (χ4v) is 1.46. The summed E-state index contributed by atoms with van der Waals surface area (Å²) in [4.78, 5) is 22.3. The summed E-state index contributed by atoms with van der Waals surface area (Å²) in [6.45, 7) is 3.75. The van der Waals surface area contributed by atoms with Crippen molar-refractivity contribution in [1.29, 1.82) is 0 Å². The lowest BCUT2D eigenvalue weighted by Crippen LogP contribution is -2.30. The highest BCUT2D eigenvalue weighted by Crippen LogP contribution is 2.24. The average molecular weight is 154 g/mol. The Balaban J connectivity index is 2.62. The molecule has 0 atom stereocenters. The molecule has 0 aromatic carbocycles. The van der Waals surface area contributed by atoms with Crippen LogP contribution in [0.2, 0.25) is 0 Å². The van der Waals surface area contributed by atoms with Crippen LogP contribution in [0.5, 0.6) is 0 Å². The maximum Gasteiger partial charge on any atom is 0.143 e. The van der Waals surface area contributed by atoms with Gasteiger partial charge in [0.15, 0.2) is 0 Å². The molecule has 0 radical (unpaired) electrons. The Morgan fingerprint density at radius 2 is 1.73 bits per heavy atom. The first-order valence-corrected chi connectivity index (χ1v) is 4.20. The third kappa shape index (κ3) is 1.67. The summed E-state index contributed by atoms with van der Waals surface area (Å²) < 4.78 is 0. The van der Waals surface area contributed by atoms with Gasteiger partial charge in [-0.1, -0.05) is 13.3 Å². The van der Waals surface area contributed by atoms with Gasteiger partial charge in [0.1, 0.15) is 11.6 Å². The fraction of sp³-hybridized carbons (Fsp3) is 0.778. The number of hydrogen-bond acceptors (Lipinski definition) is 2. The number of rotatable bonds is 1. The van der Waals surface area contributed by atoms with Crippen molar-refractivity contribution < 1.29 is 9.59 Å². The van der Waals surface area contributed by atoms with Gasteiger partial charge in [0.25, 0.3) is 0 Å². The third-order valence-electron chi connectivity index (χ3n) is 2.52. The van der Waals surface area contributed by atoms with Crippen molar-refractivity contribution in [1.82, 2.24) is 0 Å². The fourth-order valence-electron chi connectivity index (χ4n) is 1.46. The van der Waals surface area contributed by atoms with Gasteiger partial charge in [-0.25, -0.2) is 0 Å². The second-order valence-corrected chi connectivity index (χ2v) is 3.34. The van der Waals surface area contributed by atoms with Gasteiger partial charge in [-0.3, -0.25) is 9.59 Å². The third-order valence-corrected chi connectivity index (χ3v) is 2.52. The van der Waals surface area contributed by atoms with E-state index in [-0.39, 0.29) is 17.5 Å². The van der Waals surface area contributed by atoms with Crippen LogP contribution >= 0.6 is 0 Å². The summed E-state index contributed by atoms with van der Waals surface area (Å²) in [5, 5.41) is 0. The topological polar surface area (TPSA) is 34.1 Å². The molecule has 1 aliphatic carbocycles. The smallest absolute Gasteiger partial charge is 0.143 e. The molecule has 62 valence electrons. The molecule has 0 heterocycles. The highest BCUT2D eigenvalue weighted by molar-refractivity contribution is 6.04. The van der Waals surface area contributed by atoms with Crippen LogP contribution in [0.1, 0.15) is 33.1 Å². The van der Waals surface area contributed by atoms with E-state index in [0.717, 1.165) is 6.42 Å². The van der Waals surface area contributed by atoms with E-state index in [2.05, 4.69) is 0 Å². The van der Waals surface area contributed by atoms with Crippen molar-refractivity contribution in [3.63, 3.8) is 0 Å². The number of Topliss-reactive ketones (excluding diaryl/α,β-unsaturated/α-hetero) is 2. The van der Waals surface area contributed by atoms with Gasteiger partial charge in [-0.15, -0.1) is 0 Å². The van der Waals surface area contributed by atoms with Gasteiger partial charge in [-0.05, 0) is 12.8 Å². The predicted octanol–water partition coefficient (Wildman–Crippen LogP) is 1.58. The van der Waals surface area contributed by atoms with Crippen LogP contribution in [0.4, 0.5) is 0 Å².